The van der Waals surface area contributed by atoms with E-state index in [-0.39, 0.29) is 0 Å². The van der Waals surface area contributed by atoms with Crippen molar-refractivity contribution < 1.29 is 4.74 Å². The van der Waals surface area contributed by atoms with E-state index < -0.39 is 0 Å². The summed E-state index contributed by atoms with van der Waals surface area (Å²) in [6.07, 6.45) is 3.35. The number of rotatable bonds is 6. The summed E-state index contributed by atoms with van der Waals surface area (Å²) in [6.45, 7) is 5.71. The lowest BCUT2D eigenvalue weighted by Gasteiger charge is -2.03. The van der Waals surface area contributed by atoms with Crippen molar-refractivity contribution in [2.24, 2.45) is 4.99 Å². The third-order valence-corrected chi connectivity index (χ3v) is 1.96. The van der Waals surface area contributed by atoms with Crippen molar-refractivity contribution in [2.45, 2.75) is 33.1 Å². The molecule has 0 bridgehead atoms. The molecule has 12 heavy (non-hydrogen) atoms. The van der Waals surface area contributed by atoms with Crippen molar-refractivity contribution in [3.63, 3.8) is 0 Å². The van der Waals surface area contributed by atoms with Crippen LogP contribution >= 0.6 is 15.9 Å². The van der Waals surface area contributed by atoms with Gasteiger partial charge < -0.3 is 4.74 Å². The third kappa shape index (κ3) is 8.05. The summed E-state index contributed by atoms with van der Waals surface area (Å²) in [6, 6.07) is 0. The van der Waals surface area contributed by atoms with Crippen molar-refractivity contribution in [1.29, 1.82) is 0 Å². The van der Waals surface area contributed by atoms with Crippen LogP contribution in [0, 0.1) is 0 Å². The number of alkyl halides is 1. The molecule has 0 aromatic rings. The Bertz CT molecular complexity index is 126. The Balaban J connectivity index is 3.24. The van der Waals surface area contributed by atoms with Gasteiger partial charge in [-0.3, -0.25) is 4.99 Å². The molecule has 0 aliphatic carbocycles. The van der Waals surface area contributed by atoms with E-state index in [1.807, 2.05) is 6.92 Å². The predicted molar refractivity (Wildman–Crippen MR) is 57.2 cm³/mol. The van der Waals surface area contributed by atoms with Crippen molar-refractivity contribution in [1.82, 2.24) is 0 Å². The number of ether oxygens (including phenoxy) is 1. The number of unbranched alkanes of at least 4 members (excludes halogenated alkanes) is 1. The maximum Gasteiger partial charge on any atom is 0.179 e. The lowest BCUT2D eigenvalue weighted by Crippen LogP contribution is -2.02. The van der Waals surface area contributed by atoms with Gasteiger partial charge in [0.1, 0.15) is 0 Å². The average Bonchev–Trinajstić information content (AvgIpc) is 2.09. The fourth-order valence-electron chi connectivity index (χ4n) is 0.731. The van der Waals surface area contributed by atoms with Gasteiger partial charge in [-0.05, 0) is 19.3 Å². The molecule has 0 saturated carbocycles. The first-order valence-electron chi connectivity index (χ1n) is 4.51. The molecule has 0 aliphatic rings. The Morgan fingerprint density at radius 1 is 1.42 bits per heavy atom. The van der Waals surface area contributed by atoms with Crippen LogP contribution in [0.1, 0.15) is 33.1 Å². The van der Waals surface area contributed by atoms with Crippen LogP contribution < -0.4 is 0 Å². The van der Waals surface area contributed by atoms with Gasteiger partial charge in [-0.2, -0.15) is 0 Å². The molecule has 3 heteroatoms. The summed E-state index contributed by atoms with van der Waals surface area (Å²) in [5.41, 5.74) is 0. The summed E-state index contributed by atoms with van der Waals surface area (Å²) in [5.74, 6) is 0.825. The maximum atomic E-state index is 5.38. The van der Waals surface area contributed by atoms with Gasteiger partial charge in [-0.15, -0.1) is 0 Å². The van der Waals surface area contributed by atoms with Crippen LogP contribution in [-0.2, 0) is 4.74 Å². The molecule has 2 nitrogen and oxygen atoms in total. The summed E-state index contributed by atoms with van der Waals surface area (Å²) in [4.78, 5) is 4.22. The van der Waals surface area contributed by atoms with Crippen molar-refractivity contribution in [2.75, 3.05) is 18.5 Å². The van der Waals surface area contributed by atoms with Crippen LogP contribution in [0.4, 0.5) is 0 Å². The van der Waals surface area contributed by atoms with Gasteiger partial charge in [-0.25, -0.2) is 0 Å². The minimum absolute atomic E-state index is 0.796. The molecule has 0 atom stereocenters. The molecule has 0 N–H and O–H groups in total. The molecule has 0 spiro atoms. The Morgan fingerprint density at radius 2 is 2.17 bits per heavy atom. The third-order valence-electron chi connectivity index (χ3n) is 1.40. The summed E-state index contributed by atoms with van der Waals surface area (Å²) < 4.78 is 5.38. The maximum absolute atomic E-state index is 5.38. The molecule has 72 valence electrons. The topological polar surface area (TPSA) is 21.6 Å². The van der Waals surface area contributed by atoms with E-state index in [2.05, 4.69) is 27.8 Å². The van der Waals surface area contributed by atoms with E-state index in [9.17, 15) is 0 Å². The van der Waals surface area contributed by atoms with E-state index in [0.29, 0.717) is 0 Å². The van der Waals surface area contributed by atoms with Crippen LogP contribution in [0.3, 0.4) is 0 Å². The van der Waals surface area contributed by atoms with E-state index in [0.717, 1.165) is 37.2 Å². The Kier molecular flexibility index (Phi) is 9.00. The lowest BCUT2D eigenvalue weighted by atomic mass is 10.4. The number of hydrogen-bond acceptors (Lipinski definition) is 2. The molecule has 0 unspecified atom stereocenters. The monoisotopic (exact) mass is 235 g/mol. The zero-order valence-corrected chi connectivity index (χ0v) is 9.56. The second-order valence-corrected chi connectivity index (χ2v) is 3.44. The van der Waals surface area contributed by atoms with Gasteiger partial charge >= 0.3 is 0 Å². The SMILES string of the molecule is CCCN=C(C)OCCCCBr. The fraction of sp³-hybridized carbons (Fsp3) is 0.889. The minimum atomic E-state index is 0.796. The highest BCUT2D eigenvalue weighted by Crippen LogP contribution is 1.95. The molecular formula is C9H18BrNO. The zero-order chi connectivity index (χ0) is 9.23. The highest BCUT2D eigenvalue weighted by Gasteiger charge is 1.90. The molecular weight excluding hydrogens is 218 g/mol. The van der Waals surface area contributed by atoms with Crippen LogP contribution in [0.15, 0.2) is 4.99 Å². The highest BCUT2D eigenvalue weighted by molar-refractivity contribution is 9.09. The summed E-state index contributed by atoms with van der Waals surface area (Å²) >= 11 is 3.37. The molecule has 0 radical (unpaired) electrons. The van der Waals surface area contributed by atoms with Crippen LogP contribution in [0.2, 0.25) is 0 Å². The quantitative estimate of drug-likeness (QED) is 0.300. The van der Waals surface area contributed by atoms with E-state index in [4.69, 9.17) is 4.74 Å². The van der Waals surface area contributed by atoms with E-state index in [1.165, 1.54) is 6.42 Å². The second kappa shape index (κ2) is 9.04. The van der Waals surface area contributed by atoms with Gasteiger partial charge in [0.15, 0.2) is 5.90 Å². The van der Waals surface area contributed by atoms with Crippen LogP contribution in [0.5, 0.6) is 0 Å². The first-order chi connectivity index (χ1) is 5.81. The molecule has 0 aromatic carbocycles. The van der Waals surface area contributed by atoms with E-state index in [1.54, 1.807) is 0 Å². The van der Waals surface area contributed by atoms with Crippen molar-refractivity contribution in [3.8, 4) is 0 Å². The molecule has 0 aromatic heterocycles. The predicted octanol–water partition coefficient (Wildman–Crippen LogP) is 3.01. The number of nitrogens with zero attached hydrogens (tertiary/aromatic N) is 1. The molecule has 0 rings (SSSR count). The Morgan fingerprint density at radius 3 is 2.75 bits per heavy atom. The van der Waals surface area contributed by atoms with Crippen LogP contribution in [0.25, 0.3) is 0 Å². The first-order valence-corrected chi connectivity index (χ1v) is 5.63. The van der Waals surface area contributed by atoms with Gasteiger partial charge in [0.2, 0.25) is 0 Å². The molecule has 0 aliphatic heterocycles. The molecule has 0 fully saturated rings. The minimum Gasteiger partial charge on any atom is -0.481 e. The lowest BCUT2D eigenvalue weighted by molar-refractivity contribution is 0.293. The summed E-state index contributed by atoms with van der Waals surface area (Å²) in [7, 11) is 0. The molecule has 0 saturated heterocycles. The average molecular weight is 236 g/mol. The van der Waals surface area contributed by atoms with Gasteiger partial charge in [0.25, 0.3) is 0 Å². The highest BCUT2D eigenvalue weighted by atomic mass is 79.9. The zero-order valence-electron chi connectivity index (χ0n) is 7.98. The van der Waals surface area contributed by atoms with Gasteiger partial charge in [0, 0.05) is 18.8 Å². The largest absolute Gasteiger partial charge is 0.481 e. The Labute approximate surface area is 83.5 Å². The second-order valence-electron chi connectivity index (χ2n) is 2.65. The van der Waals surface area contributed by atoms with Crippen molar-refractivity contribution in [3.05, 3.63) is 0 Å². The molecule has 0 heterocycles. The Hall–Kier alpha value is -0.0500. The van der Waals surface area contributed by atoms with Crippen molar-refractivity contribution >= 4 is 21.8 Å². The fourth-order valence-corrected chi connectivity index (χ4v) is 1.13. The summed E-state index contributed by atoms with van der Waals surface area (Å²) in [5, 5.41) is 1.06. The van der Waals surface area contributed by atoms with Crippen LogP contribution in [-0.4, -0.2) is 24.4 Å². The van der Waals surface area contributed by atoms with E-state index >= 15 is 0 Å². The number of hydrogen-bond donors (Lipinski definition) is 0. The first kappa shape index (κ1) is 11.9. The van der Waals surface area contributed by atoms with Gasteiger partial charge in [-0.1, -0.05) is 22.9 Å². The number of aliphatic imine (C=N–C) groups is 1. The number of halogens is 1. The van der Waals surface area contributed by atoms with Gasteiger partial charge in [0.05, 0.1) is 6.61 Å². The standard InChI is InChI=1S/C9H18BrNO/c1-3-7-11-9(2)12-8-5-4-6-10/h3-8H2,1-2H3. The normalized spacial score (nSPS) is 11.8. The smallest absolute Gasteiger partial charge is 0.179 e. The molecule has 0 amide bonds.